The number of rotatable bonds is 3. The van der Waals surface area contributed by atoms with Crippen LogP contribution in [0.15, 0.2) is 24.8 Å². The topological polar surface area (TPSA) is 61.3 Å². The fourth-order valence-corrected chi connectivity index (χ4v) is 2.52. The maximum Gasteiger partial charge on any atom is 0.147 e. The molecule has 0 saturated carbocycles. The summed E-state index contributed by atoms with van der Waals surface area (Å²) in [7, 11) is 3.97. The molecular weight excluding hydrogens is 278 g/mol. The van der Waals surface area contributed by atoms with Crippen molar-refractivity contribution in [3.05, 3.63) is 30.5 Å². The Morgan fingerprint density at radius 1 is 0.955 bits per heavy atom. The van der Waals surface area contributed by atoms with Gasteiger partial charge in [0.05, 0.1) is 11.9 Å². The first kappa shape index (κ1) is 14.5. The zero-order valence-electron chi connectivity index (χ0n) is 13.3. The molecule has 22 heavy (non-hydrogen) atoms. The van der Waals surface area contributed by atoms with Crippen molar-refractivity contribution in [2.24, 2.45) is 0 Å². The summed E-state index contributed by atoms with van der Waals surface area (Å²) >= 11 is 0. The van der Waals surface area contributed by atoms with Crippen LogP contribution in [-0.2, 0) is 0 Å². The molecule has 116 valence electrons. The van der Waals surface area contributed by atoms with Gasteiger partial charge in [0.25, 0.3) is 0 Å². The van der Waals surface area contributed by atoms with Gasteiger partial charge in [0.15, 0.2) is 0 Å². The highest BCUT2D eigenvalue weighted by atomic mass is 15.3. The van der Waals surface area contributed by atoms with Gasteiger partial charge in [-0.15, -0.1) is 0 Å². The molecule has 0 radical (unpaired) electrons. The molecule has 0 amide bonds. The second-order valence-electron chi connectivity index (χ2n) is 5.62. The van der Waals surface area contributed by atoms with Crippen LogP contribution in [0.2, 0.25) is 0 Å². The number of piperazine rings is 1. The van der Waals surface area contributed by atoms with Gasteiger partial charge < -0.3 is 14.7 Å². The average Bonchev–Trinajstić information content (AvgIpc) is 2.55. The van der Waals surface area contributed by atoms with Crippen LogP contribution in [0.4, 0.5) is 17.5 Å². The van der Waals surface area contributed by atoms with E-state index in [4.69, 9.17) is 0 Å². The number of aromatic nitrogens is 4. The zero-order valence-corrected chi connectivity index (χ0v) is 13.3. The second kappa shape index (κ2) is 6.13. The molecule has 0 unspecified atom stereocenters. The molecule has 0 spiro atoms. The molecule has 7 nitrogen and oxygen atoms in total. The first-order valence-corrected chi connectivity index (χ1v) is 7.41. The minimum absolute atomic E-state index is 0.916. The van der Waals surface area contributed by atoms with Crippen LogP contribution in [0.5, 0.6) is 0 Å². The molecule has 0 bridgehead atoms. The van der Waals surface area contributed by atoms with Gasteiger partial charge in [0, 0.05) is 52.5 Å². The summed E-state index contributed by atoms with van der Waals surface area (Å²) in [6, 6.07) is 2.03. The third-order valence-electron chi connectivity index (χ3n) is 3.77. The number of nitrogens with zero attached hydrogens (tertiary/aromatic N) is 7. The number of aryl methyl sites for hydroxylation is 1. The van der Waals surface area contributed by atoms with E-state index in [1.807, 2.05) is 38.2 Å². The molecule has 0 aliphatic carbocycles. The summed E-state index contributed by atoms with van der Waals surface area (Å²) in [5.74, 6) is 2.86. The van der Waals surface area contributed by atoms with Crippen LogP contribution >= 0.6 is 0 Å². The Labute approximate surface area is 130 Å². The summed E-state index contributed by atoms with van der Waals surface area (Å²) in [6.07, 6.45) is 5.24. The van der Waals surface area contributed by atoms with Crippen LogP contribution in [0, 0.1) is 6.92 Å². The van der Waals surface area contributed by atoms with Crippen LogP contribution < -0.4 is 14.7 Å². The van der Waals surface area contributed by atoms with E-state index in [0.717, 1.165) is 49.3 Å². The summed E-state index contributed by atoms with van der Waals surface area (Å²) in [5.41, 5.74) is 0.950. The van der Waals surface area contributed by atoms with Crippen molar-refractivity contribution in [2.45, 2.75) is 6.92 Å². The van der Waals surface area contributed by atoms with Gasteiger partial charge in [0.2, 0.25) is 0 Å². The molecule has 3 heterocycles. The Balaban J connectivity index is 1.68. The Morgan fingerprint density at radius 2 is 1.64 bits per heavy atom. The molecule has 7 heteroatoms. The van der Waals surface area contributed by atoms with Crippen LogP contribution in [-0.4, -0.2) is 60.2 Å². The number of hydrogen-bond acceptors (Lipinski definition) is 7. The fourth-order valence-electron chi connectivity index (χ4n) is 2.52. The van der Waals surface area contributed by atoms with Gasteiger partial charge in [-0.05, 0) is 6.92 Å². The Kier molecular flexibility index (Phi) is 4.04. The van der Waals surface area contributed by atoms with Gasteiger partial charge in [-0.1, -0.05) is 0 Å². The summed E-state index contributed by atoms with van der Waals surface area (Å²) in [6.45, 7) is 5.63. The molecule has 2 aromatic rings. The van der Waals surface area contributed by atoms with Crippen molar-refractivity contribution in [3.8, 4) is 0 Å². The minimum Gasteiger partial charge on any atom is -0.363 e. The SMILES string of the molecule is Cc1cncc(N2CCN(c3cc(N(C)C)ncn3)CC2)n1. The molecule has 2 aromatic heterocycles. The molecule has 0 aromatic carbocycles. The van der Waals surface area contributed by atoms with Crippen molar-refractivity contribution in [1.29, 1.82) is 0 Å². The molecule has 1 saturated heterocycles. The number of anilines is 3. The predicted octanol–water partition coefficient (Wildman–Crippen LogP) is 0.968. The molecule has 1 aliphatic heterocycles. The van der Waals surface area contributed by atoms with Crippen molar-refractivity contribution < 1.29 is 0 Å². The molecule has 3 rings (SSSR count). The van der Waals surface area contributed by atoms with E-state index in [2.05, 4.69) is 29.7 Å². The molecule has 0 N–H and O–H groups in total. The van der Waals surface area contributed by atoms with Gasteiger partial charge >= 0.3 is 0 Å². The molecule has 1 fully saturated rings. The van der Waals surface area contributed by atoms with Crippen molar-refractivity contribution >= 4 is 17.5 Å². The zero-order chi connectivity index (χ0) is 15.5. The Hall–Kier alpha value is -2.44. The third-order valence-corrected chi connectivity index (χ3v) is 3.77. The first-order valence-electron chi connectivity index (χ1n) is 7.41. The lowest BCUT2D eigenvalue weighted by molar-refractivity contribution is 0.639. The van der Waals surface area contributed by atoms with E-state index in [1.54, 1.807) is 12.5 Å². The highest BCUT2D eigenvalue weighted by Gasteiger charge is 2.19. The van der Waals surface area contributed by atoms with Gasteiger partial charge in [0.1, 0.15) is 23.8 Å². The highest BCUT2D eigenvalue weighted by molar-refractivity contribution is 5.50. The van der Waals surface area contributed by atoms with E-state index >= 15 is 0 Å². The lowest BCUT2D eigenvalue weighted by Crippen LogP contribution is -2.47. The standard InChI is InChI=1S/C15H21N7/c1-12-9-16-10-15(19-12)22-6-4-21(5-7-22)14-8-13(20(2)3)17-11-18-14/h8-11H,4-7H2,1-3H3. The lowest BCUT2D eigenvalue weighted by Gasteiger charge is -2.36. The van der Waals surface area contributed by atoms with Crippen molar-refractivity contribution in [1.82, 2.24) is 19.9 Å². The van der Waals surface area contributed by atoms with Gasteiger partial charge in [-0.2, -0.15) is 0 Å². The van der Waals surface area contributed by atoms with Crippen molar-refractivity contribution in [2.75, 3.05) is 55.0 Å². The lowest BCUT2D eigenvalue weighted by atomic mass is 10.3. The maximum absolute atomic E-state index is 4.54. The van der Waals surface area contributed by atoms with E-state index in [9.17, 15) is 0 Å². The van der Waals surface area contributed by atoms with Crippen molar-refractivity contribution in [3.63, 3.8) is 0 Å². The predicted molar refractivity (Wildman–Crippen MR) is 87.6 cm³/mol. The van der Waals surface area contributed by atoms with E-state index in [1.165, 1.54) is 0 Å². The first-order chi connectivity index (χ1) is 10.6. The van der Waals surface area contributed by atoms with Crippen LogP contribution in [0.25, 0.3) is 0 Å². The molecular formula is C15H21N7. The number of hydrogen-bond donors (Lipinski definition) is 0. The molecule has 1 aliphatic rings. The van der Waals surface area contributed by atoms with E-state index < -0.39 is 0 Å². The largest absolute Gasteiger partial charge is 0.363 e. The van der Waals surface area contributed by atoms with E-state index in [0.29, 0.717) is 0 Å². The van der Waals surface area contributed by atoms with E-state index in [-0.39, 0.29) is 0 Å². The van der Waals surface area contributed by atoms with Crippen LogP contribution in [0.1, 0.15) is 5.69 Å². The minimum atomic E-state index is 0.916. The quantitative estimate of drug-likeness (QED) is 0.836. The Morgan fingerprint density at radius 3 is 2.27 bits per heavy atom. The smallest absolute Gasteiger partial charge is 0.147 e. The summed E-state index contributed by atoms with van der Waals surface area (Å²) in [5, 5.41) is 0. The summed E-state index contributed by atoms with van der Waals surface area (Å²) < 4.78 is 0. The fraction of sp³-hybridized carbons (Fsp3) is 0.467. The van der Waals surface area contributed by atoms with Gasteiger partial charge in [-0.25, -0.2) is 15.0 Å². The highest BCUT2D eigenvalue weighted by Crippen LogP contribution is 2.19. The van der Waals surface area contributed by atoms with Crippen LogP contribution in [0.3, 0.4) is 0 Å². The second-order valence-corrected chi connectivity index (χ2v) is 5.62. The average molecular weight is 299 g/mol. The molecule has 0 atom stereocenters. The summed E-state index contributed by atoms with van der Waals surface area (Å²) in [4.78, 5) is 24.0. The normalized spacial score (nSPS) is 15.0. The van der Waals surface area contributed by atoms with Gasteiger partial charge in [-0.3, -0.25) is 4.98 Å². The Bertz CT molecular complexity index is 635. The monoisotopic (exact) mass is 299 g/mol. The third kappa shape index (κ3) is 3.08. The maximum atomic E-state index is 4.54.